The van der Waals surface area contributed by atoms with Crippen LogP contribution in [0.1, 0.15) is 62.8 Å². The Hall–Kier alpha value is -3.88. The molecule has 3 heteroatoms. The van der Waals surface area contributed by atoms with Crippen LogP contribution in [0.25, 0.3) is 54.9 Å². The summed E-state index contributed by atoms with van der Waals surface area (Å²) in [7, 11) is 0.211. The molecule has 0 saturated heterocycles. The van der Waals surface area contributed by atoms with E-state index >= 15 is 0 Å². The van der Waals surface area contributed by atoms with Crippen molar-refractivity contribution < 1.29 is 0 Å². The number of halogens is 2. The van der Waals surface area contributed by atoms with Crippen molar-refractivity contribution in [1.29, 1.82) is 0 Å². The maximum Gasteiger partial charge on any atom is 0.118 e. The first-order valence-corrected chi connectivity index (χ1v) is 18.4. The molecule has 6 aromatic rings. The lowest BCUT2D eigenvalue weighted by atomic mass is 9.91. The molecule has 0 N–H and O–H groups in total. The minimum absolute atomic E-state index is 0.211. The van der Waals surface area contributed by atoms with E-state index in [2.05, 4.69) is 149 Å². The van der Waals surface area contributed by atoms with E-state index < -0.39 is 8.99 Å². The third-order valence-corrected chi connectivity index (χ3v) is 13.8. The Morgan fingerprint density at radius 3 is 1.26 bits per heavy atom. The highest BCUT2D eigenvalue weighted by molar-refractivity contribution is 6.70. The topological polar surface area (TPSA) is 0 Å². The fraction of sp³-hybridized carbons (Fsp3) is 0.182. The zero-order valence-electron chi connectivity index (χ0n) is 27.2. The Labute approximate surface area is 290 Å². The predicted octanol–water partition coefficient (Wildman–Crippen LogP) is 12.9. The normalized spacial score (nSPS) is 20.4. The van der Waals surface area contributed by atoms with Gasteiger partial charge in [-0.15, -0.1) is 23.2 Å². The fourth-order valence-electron chi connectivity index (χ4n) is 8.54. The van der Waals surface area contributed by atoms with E-state index in [1.165, 1.54) is 88.3 Å². The van der Waals surface area contributed by atoms with Crippen LogP contribution in [0.15, 0.2) is 132 Å². The molecule has 0 nitrogen and oxygen atoms in total. The second-order valence-electron chi connectivity index (χ2n) is 12.9. The lowest BCUT2D eigenvalue weighted by molar-refractivity contribution is 0.860. The molecule has 230 valence electrons. The third kappa shape index (κ3) is 4.40. The molecule has 0 aliphatic heterocycles. The highest BCUT2D eigenvalue weighted by Gasteiger charge is 2.53. The molecule has 47 heavy (non-hydrogen) atoms. The van der Waals surface area contributed by atoms with E-state index in [1.807, 2.05) is 0 Å². The first kappa shape index (κ1) is 30.5. The number of alkyl halides is 2. The smallest absolute Gasteiger partial charge is 0.114 e. The van der Waals surface area contributed by atoms with Crippen LogP contribution in [0, 0.1) is 0 Å². The van der Waals surface area contributed by atoms with Gasteiger partial charge in [-0.05, 0) is 115 Å². The molecule has 2 unspecified atom stereocenters. The van der Waals surface area contributed by atoms with Gasteiger partial charge in [-0.1, -0.05) is 135 Å². The molecule has 0 fully saturated rings. The van der Waals surface area contributed by atoms with E-state index in [4.69, 9.17) is 23.2 Å². The highest BCUT2D eigenvalue weighted by Crippen LogP contribution is 2.60. The summed E-state index contributed by atoms with van der Waals surface area (Å²) >= 11 is 16.3. The molecule has 0 aromatic heterocycles. The summed E-state index contributed by atoms with van der Waals surface area (Å²) in [5.41, 5.74) is 15.0. The standard InChI is InChI=1S/C44H36Cl2Si/c1-5-37-27(3)41-35(33-21-11-17-29-15-7-9-19-31(29)33)23-13-25-39(41)43(37,45)47-44(46)38(6-2)28(4)42-36(24-14-26-40(42)44)34-22-12-18-30-16-8-10-20-32(30)34/h7-26H,5-6H2,1-4H3. The Balaban J connectivity index is 1.32. The van der Waals surface area contributed by atoms with Crippen molar-refractivity contribution in [3.05, 3.63) is 155 Å². The number of hydrogen-bond donors (Lipinski definition) is 0. The molecule has 2 aliphatic carbocycles. The van der Waals surface area contributed by atoms with Crippen molar-refractivity contribution in [3.8, 4) is 22.3 Å². The van der Waals surface area contributed by atoms with E-state index in [1.54, 1.807) is 0 Å². The van der Waals surface area contributed by atoms with Gasteiger partial charge in [0.15, 0.2) is 0 Å². The first-order valence-electron chi connectivity index (χ1n) is 16.6. The van der Waals surface area contributed by atoms with Gasteiger partial charge in [0, 0.05) is 0 Å². The van der Waals surface area contributed by atoms with Crippen molar-refractivity contribution in [2.75, 3.05) is 0 Å². The van der Waals surface area contributed by atoms with Crippen LogP contribution in [0.3, 0.4) is 0 Å². The van der Waals surface area contributed by atoms with E-state index in [0.717, 1.165) is 12.8 Å². The number of allylic oxidation sites excluding steroid dienone is 4. The maximum absolute atomic E-state index is 8.13. The number of rotatable bonds is 6. The second kappa shape index (κ2) is 11.4. The van der Waals surface area contributed by atoms with Crippen LogP contribution in [0.2, 0.25) is 0 Å². The molecule has 0 amide bonds. The Kier molecular flexibility index (Phi) is 7.37. The average molecular weight is 664 g/mol. The minimum Gasteiger partial charge on any atom is -0.114 e. The van der Waals surface area contributed by atoms with Gasteiger partial charge in [0.2, 0.25) is 0 Å². The summed E-state index contributed by atoms with van der Waals surface area (Å²) in [5.74, 6) is 0. The third-order valence-electron chi connectivity index (χ3n) is 10.6. The van der Waals surface area contributed by atoms with Crippen LogP contribution in [-0.4, -0.2) is 9.52 Å². The van der Waals surface area contributed by atoms with E-state index in [0.29, 0.717) is 0 Å². The van der Waals surface area contributed by atoms with Crippen LogP contribution in [0.4, 0.5) is 0 Å². The molecule has 2 aliphatic rings. The van der Waals surface area contributed by atoms with Gasteiger partial charge in [0.1, 0.15) is 9.52 Å². The summed E-state index contributed by atoms with van der Waals surface area (Å²) in [6, 6.07) is 43.9. The maximum atomic E-state index is 8.13. The zero-order chi connectivity index (χ0) is 32.5. The van der Waals surface area contributed by atoms with Gasteiger partial charge >= 0.3 is 0 Å². The van der Waals surface area contributed by atoms with Crippen molar-refractivity contribution >= 4 is 65.4 Å². The molecule has 0 spiro atoms. The Morgan fingerprint density at radius 1 is 0.468 bits per heavy atom. The predicted molar refractivity (Wildman–Crippen MR) is 205 cm³/mol. The molecular formula is C44H36Cl2Si. The van der Waals surface area contributed by atoms with Crippen molar-refractivity contribution in [1.82, 2.24) is 0 Å². The van der Waals surface area contributed by atoms with E-state index in [-0.39, 0.29) is 9.52 Å². The molecule has 0 bridgehead atoms. The fourth-order valence-corrected chi connectivity index (χ4v) is 12.6. The number of benzene rings is 6. The quantitative estimate of drug-likeness (QED) is 0.123. The summed E-state index contributed by atoms with van der Waals surface area (Å²) in [5, 5.41) is 5.01. The van der Waals surface area contributed by atoms with Crippen LogP contribution in [0.5, 0.6) is 0 Å². The molecule has 2 atom stereocenters. The second-order valence-corrected chi connectivity index (χ2v) is 16.4. The average Bonchev–Trinajstić information content (AvgIpc) is 3.45. The first-order chi connectivity index (χ1) is 22.8. The van der Waals surface area contributed by atoms with Gasteiger partial charge in [-0.25, -0.2) is 0 Å². The van der Waals surface area contributed by atoms with Gasteiger partial charge in [0.25, 0.3) is 0 Å². The minimum atomic E-state index is -0.714. The highest BCUT2D eigenvalue weighted by atomic mass is 35.5. The monoisotopic (exact) mass is 662 g/mol. The summed E-state index contributed by atoms with van der Waals surface area (Å²) in [6.07, 6.45) is 1.73. The SMILES string of the molecule is CCC1=C(C)c2c(-c3cccc4ccccc34)cccc2C1(Cl)[Si]C1(Cl)C(CC)=C(C)c2c(-c3cccc4ccccc34)cccc21. The summed E-state index contributed by atoms with van der Waals surface area (Å²) in [6.45, 7) is 9.03. The largest absolute Gasteiger partial charge is 0.118 e. The van der Waals surface area contributed by atoms with Crippen LogP contribution >= 0.6 is 23.2 Å². The van der Waals surface area contributed by atoms with Crippen LogP contribution in [-0.2, 0) is 8.99 Å². The summed E-state index contributed by atoms with van der Waals surface area (Å²) < 4.78 is -1.43. The molecule has 0 saturated carbocycles. The Morgan fingerprint density at radius 2 is 0.830 bits per heavy atom. The van der Waals surface area contributed by atoms with Crippen LogP contribution < -0.4 is 0 Å². The van der Waals surface area contributed by atoms with Crippen molar-refractivity contribution in [3.63, 3.8) is 0 Å². The molecule has 6 aromatic carbocycles. The lowest BCUT2D eigenvalue weighted by Gasteiger charge is -2.36. The van der Waals surface area contributed by atoms with E-state index in [9.17, 15) is 0 Å². The number of fused-ring (bicyclic) bond motifs is 4. The molecule has 8 rings (SSSR count). The van der Waals surface area contributed by atoms with Crippen molar-refractivity contribution in [2.24, 2.45) is 0 Å². The Bertz CT molecular complexity index is 2140. The van der Waals surface area contributed by atoms with Gasteiger partial charge in [0.05, 0.1) is 8.99 Å². The van der Waals surface area contributed by atoms with Crippen molar-refractivity contribution in [2.45, 2.75) is 49.5 Å². The van der Waals surface area contributed by atoms with Gasteiger partial charge in [-0.2, -0.15) is 0 Å². The summed E-state index contributed by atoms with van der Waals surface area (Å²) in [4.78, 5) is 0. The molecule has 2 radical (unpaired) electrons. The lowest BCUT2D eigenvalue weighted by Crippen LogP contribution is -2.41. The molecular weight excluding hydrogens is 627 g/mol. The number of hydrogen-bond acceptors (Lipinski definition) is 0. The van der Waals surface area contributed by atoms with Gasteiger partial charge in [-0.3, -0.25) is 0 Å². The zero-order valence-corrected chi connectivity index (χ0v) is 29.7. The molecule has 0 heterocycles. The van der Waals surface area contributed by atoms with Gasteiger partial charge < -0.3 is 0 Å².